The van der Waals surface area contributed by atoms with E-state index < -0.39 is 5.82 Å². The molecule has 1 aliphatic heterocycles. The van der Waals surface area contributed by atoms with Crippen LogP contribution < -0.4 is 0 Å². The highest BCUT2D eigenvalue weighted by Gasteiger charge is 2.28. The van der Waals surface area contributed by atoms with Gasteiger partial charge in [-0.25, -0.2) is 9.37 Å². The molecule has 0 spiro atoms. The summed E-state index contributed by atoms with van der Waals surface area (Å²) in [4.78, 5) is 17.4. The molecule has 2 heterocycles. The third-order valence-electron chi connectivity index (χ3n) is 2.93. The molecule has 0 unspecified atom stereocenters. The minimum absolute atomic E-state index is 0.0551. The summed E-state index contributed by atoms with van der Waals surface area (Å²) >= 11 is 11.3. The first kappa shape index (κ1) is 12.6. The van der Waals surface area contributed by atoms with E-state index in [1.54, 1.807) is 4.90 Å². The molecule has 0 N–H and O–H groups in total. The number of carbonyl (C=O) groups excluding carboxylic acids is 1. The third kappa shape index (κ3) is 2.38. The van der Waals surface area contributed by atoms with Gasteiger partial charge in [0, 0.05) is 12.6 Å². The topological polar surface area (TPSA) is 33.2 Å². The standard InChI is InChI=1S/C11H11Cl2FN2O/c1-6-3-2-4-16(6)11(17)7-5-8(14)10(13)15-9(7)12/h5-6H,2-4H2,1H3/t6-/m0/s1. The van der Waals surface area contributed by atoms with Gasteiger partial charge in [0.1, 0.15) is 5.15 Å². The Bertz CT molecular complexity index is 467. The summed E-state index contributed by atoms with van der Waals surface area (Å²) in [5.74, 6) is -1.02. The van der Waals surface area contributed by atoms with Gasteiger partial charge in [-0.3, -0.25) is 4.79 Å². The molecular formula is C11H11Cl2FN2O. The second kappa shape index (κ2) is 4.78. The largest absolute Gasteiger partial charge is 0.336 e. The molecule has 1 aromatic rings. The van der Waals surface area contributed by atoms with E-state index in [9.17, 15) is 9.18 Å². The van der Waals surface area contributed by atoms with Crippen molar-refractivity contribution in [1.29, 1.82) is 0 Å². The number of amides is 1. The van der Waals surface area contributed by atoms with E-state index in [-0.39, 0.29) is 27.8 Å². The monoisotopic (exact) mass is 276 g/mol. The summed E-state index contributed by atoms with van der Waals surface area (Å²) < 4.78 is 13.3. The van der Waals surface area contributed by atoms with Gasteiger partial charge in [-0.1, -0.05) is 23.2 Å². The summed E-state index contributed by atoms with van der Waals surface area (Å²) in [5.41, 5.74) is 0.0716. The van der Waals surface area contributed by atoms with Crippen molar-refractivity contribution in [3.8, 4) is 0 Å². The smallest absolute Gasteiger partial charge is 0.257 e. The van der Waals surface area contributed by atoms with Crippen LogP contribution in [-0.4, -0.2) is 28.4 Å². The van der Waals surface area contributed by atoms with Crippen LogP contribution >= 0.6 is 23.2 Å². The van der Waals surface area contributed by atoms with Gasteiger partial charge >= 0.3 is 0 Å². The van der Waals surface area contributed by atoms with Crippen LogP contribution in [0.4, 0.5) is 4.39 Å². The Labute approximate surface area is 109 Å². The van der Waals surface area contributed by atoms with Gasteiger partial charge in [-0.15, -0.1) is 0 Å². The van der Waals surface area contributed by atoms with E-state index in [0.29, 0.717) is 6.54 Å². The number of carbonyl (C=O) groups is 1. The van der Waals surface area contributed by atoms with Crippen molar-refractivity contribution < 1.29 is 9.18 Å². The van der Waals surface area contributed by atoms with Crippen LogP contribution in [0.3, 0.4) is 0 Å². The number of nitrogens with zero attached hydrogens (tertiary/aromatic N) is 2. The molecule has 6 heteroatoms. The minimum Gasteiger partial charge on any atom is -0.336 e. The Kier molecular flexibility index (Phi) is 3.54. The number of aromatic nitrogens is 1. The molecule has 1 saturated heterocycles. The fourth-order valence-electron chi connectivity index (χ4n) is 1.99. The van der Waals surface area contributed by atoms with Crippen molar-refractivity contribution >= 4 is 29.1 Å². The highest BCUT2D eigenvalue weighted by Crippen LogP contribution is 2.25. The molecule has 1 atom stereocenters. The fourth-order valence-corrected chi connectivity index (χ4v) is 2.39. The second-order valence-electron chi connectivity index (χ2n) is 4.09. The first-order valence-corrected chi connectivity index (χ1v) is 6.09. The molecule has 92 valence electrons. The van der Waals surface area contributed by atoms with Crippen molar-refractivity contribution in [3.63, 3.8) is 0 Å². The first-order chi connectivity index (χ1) is 8.00. The zero-order chi connectivity index (χ0) is 12.6. The molecule has 0 aliphatic carbocycles. The molecule has 17 heavy (non-hydrogen) atoms. The van der Waals surface area contributed by atoms with Gasteiger partial charge in [0.05, 0.1) is 5.56 Å². The molecule has 1 aromatic heterocycles. The van der Waals surface area contributed by atoms with Gasteiger partial charge in [0.25, 0.3) is 5.91 Å². The molecule has 0 radical (unpaired) electrons. The van der Waals surface area contributed by atoms with Crippen LogP contribution in [0.2, 0.25) is 10.3 Å². The number of hydrogen-bond donors (Lipinski definition) is 0. The van der Waals surface area contributed by atoms with Crippen LogP contribution in [0.15, 0.2) is 6.07 Å². The highest BCUT2D eigenvalue weighted by molar-refractivity contribution is 6.34. The number of likely N-dealkylation sites (tertiary alicyclic amines) is 1. The maximum atomic E-state index is 13.3. The molecule has 1 fully saturated rings. The van der Waals surface area contributed by atoms with Gasteiger partial charge in [0.2, 0.25) is 0 Å². The van der Waals surface area contributed by atoms with Gasteiger partial charge in [0.15, 0.2) is 11.0 Å². The van der Waals surface area contributed by atoms with Gasteiger partial charge in [-0.05, 0) is 25.8 Å². The number of hydrogen-bond acceptors (Lipinski definition) is 2. The Morgan fingerprint density at radius 1 is 1.53 bits per heavy atom. The number of rotatable bonds is 1. The normalized spacial score (nSPS) is 19.8. The average molecular weight is 277 g/mol. The van der Waals surface area contributed by atoms with E-state index >= 15 is 0 Å². The number of pyridine rings is 1. The van der Waals surface area contributed by atoms with E-state index in [2.05, 4.69) is 4.98 Å². The highest BCUT2D eigenvalue weighted by atomic mass is 35.5. The van der Waals surface area contributed by atoms with Crippen molar-refractivity contribution in [2.24, 2.45) is 0 Å². The van der Waals surface area contributed by atoms with Gasteiger partial charge < -0.3 is 4.90 Å². The van der Waals surface area contributed by atoms with E-state index in [0.717, 1.165) is 18.9 Å². The summed E-state index contributed by atoms with van der Waals surface area (Å²) in [6.45, 7) is 2.62. The SMILES string of the molecule is C[C@H]1CCCN1C(=O)c1cc(F)c(Cl)nc1Cl. The summed E-state index contributed by atoms with van der Waals surface area (Å²) in [6.07, 6.45) is 1.90. The zero-order valence-electron chi connectivity index (χ0n) is 9.21. The molecule has 0 bridgehead atoms. The van der Waals surface area contributed by atoms with Crippen LogP contribution in [0.5, 0.6) is 0 Å². The minimum atomic E-state index is -0.730. The van der Waals surface area contributed by atoms with E-state index in [1.165, 1.54) is 0 Å². The van der Waals surface area contributed by atoms with Crippen molar-refractivity contribution in [2.45, 2.75) is 25.8 Å². The number of halogens is 3. The molecule has 2 rings (SSSR count). The summed E-state index contributed by atoms with van der Waals surface area (Å²) in [5, 5.41) is -0.374. The predicted molar refractivity (Wildman–Crippen MR) is 63.9 cm³/mol. The molecule has 1 aliphatic rings. The maximum Gasteiger partial charge on any atom is 0.257 e. The Morgan fingerprint density at radius 2 is 2.24 bits per heavy atom. The second-order valence-corrected chi connectivity index (χ2v) is 4.81. The Hall–Kier alpha value is -0.870. The van der Waals surface area contributed by atoms with Crippen LogP contribution in [-0.2, 0) is 0 Å². The third-order valence-corrected chi connectivity index (χ3v) is 3.48. The van der Waals surface area contributed by atoms with Crippen molar-refractivity contribution in [2.75, 3.05) is 6.54 Å². The molecule has 0 saturated carbocycles. The lowest BCUT2D eigenvalue weighted by atomic mass is 10.2. The average Bonchev–Trinajstić information content (AvgIpc) is 2.69. The van der Waals surface area contributed by atoms with Crippen LogP contribution in [0, 0.1) is 5.82 Å². The maximum absolute atomic E-state index is 13.3. The molecule has 0 aromatic carbocycles. The van der Waals surface area contributed by atoms with Crippen molar-refractivity contribution in [1.82, 2.24) is 9.88 Å². The van der Waals surface area contributed by atoms with Crippen LogP contribution in [0.1, 0.15) is 30.1 Å². The fraction of sp³-hybridized carbons (Fsp3) is 0.455. The quantitative estimate of drug-likeness (QED) is 0.739. The molecular weight excluding hydrogens is 266 g/mol. The van der Waals surface area contributed by atoms with Crippen LogP contribution in [0.25, 0.3) is 0 Å². The summed E-state index contributed by atoms with van der Waals surface area (Å²) in [7, 11) is 0. The lowest BCUT2D eigenvalue weighted by molar-refractivity contribution is 0.0746. The van der Waals surface area contributed by atoms with E-state index in [1.807, 2.05) is 6.92 Å². The zero-order valence-corrected chi connectivity index (χ0v) is 10.7. The van der Waals surface area contributed by atoms with Crippen molar-refractivity contribution in [3.05, 3.63) is 27.8 Å². The molecule has 3 nitrogen and oxygen atoms in total. The Balaban J connectivity index is 2.34. The van der Waals surface area contributed by atoms with E-state index in [4.69, 9.17) is 23.2 Å². The summed E-state index contributed by atoms with van der Waals surface area (Å²) in [6, 6.07) is 1.20. The van der Waals surface area contributed by atoms with Gasteiger partial charge in [-0.2, -0.15) is 0 Å². The predicted octanol–water partition coefficient (Wildman–Crippen LogP) is 3.15. The molecule has 1 amide bonds. The first-order valence-electron chi connectivity index (χ1n) is 5.33. The Morgan fingerprint density at radius 3 is 2.82 bits per heavy atom. The lowest BCUT2D eigenvalue weighted by Crippen LogP contribution is -2.34. The lowest BCUT2D eigenvalue weighted by Gasteiger charge is -2.21.